The molecule has 0 saturated carbocycles. The van der Waals surface area contributed by atoms with Gasteiger partial charge in [0.15, 0.2) is 11.5 Å². The molecule has 7 rings (SSSR count). The lowest BCUT2D eigenvalue weighted by Crippen LogP contribution is -2.42. The minimum atomic E-state index is 0.0780. The van der Waals surface area contributed by atoms with Gasteiger partial charge in [-0.15, -0.1) is 0 Å². The van der Waals surface area contributed by atoms with E-state index in [1.54, 1.807) is 0 Å². The van der Waals surface area contributed by atoms with Crippen LogP contribution in [0.25, 0.3) is 22.0 Å². The van der Waals surface area contributed by atoms with E-state index in [1.165, 1.54) is 12.8 Å². The minimum absolute atomic E-state index is 0.0780. The summed E-state index contributed by atoms with van der Waals surface area (Å²) in [4.78, 5) is 23.8. The zero-order valence-corrected chi connectivity index (χ0v) is 23.8. The van der Waals surface area contributed by atoms with Gasteiger partial charge >= 0.3 is 0 Å². The first-order valence-corrected chi connectivity index (χ1v) is 14.8. The lowest BCUT2D eigenvalue weighted by atomic mass is 9.99. The third kappa shape index (κ3) is 5.02. The average molecular weight is 600 g/mol. The molecule has 3 aromatic carbocycles. The highest BCUT2D eigenvalue weighted by Gasteiger charge is 2.32. The Morgan fingerprint density at radius 1 is 0.925 bits per heavy atom. The maximum absolute atomic E-state index is 14.3. The second-order valence-corrected chi connectivity index (χ2v) is 11.7. The Labute approximate surface area is 242 Å². The number of anilines is 2. The minimum Gasteiger partial charge on any atom is -0.454 e. The number of likely N-dealkylation sites (tertiary alicyclic amines) is 2. The number of amides is 1. The Morgan fingerprint density at radius 3 is 2.62 bits per heavy atom. The van der Waals surface area contributed by atoms with Crippen LogP contribution in [0.5, 0.6) is 11.5 Å². The first kappa shape index (κ1) is 25.4. The molecule has 0 unspecified atom stereocenters. The quantitative estimate of drug-likeness (QED) is 0.262. The van der Waals surface area contributed by atoms with Crippen molar-refractivity contribution in [1.82, 2.24) is 14.8 Å². The van der Waals surface area contributed by atoms with E-state index in [9.17, 15) is 4.79 Å². The predicted molar refractivity (Wildman–Crippen MR) is 160 cm³/mol. The Balaban J connectivity index is 1.28. The van der Waals surface area contributed by atoms with Crippen molar-refractivity contribution in [3.63, 3.8) is 0 Å². The van der Waals surface area contributed by atoms with Crippen molar-refractivity contribution in [2.24, 2.45) is 0 Å². The molecule has 0 aliphatic carbocycles. The normalized spacial score (nSPS) is 18.5. The van der Waals surface area contributed by atoms with Gasteiger partial charge in [0.2, 0.25) is 6.79 Å². The van der Waals surface area contributed by atoms with Crippen LogP contribution in [-0.4, -0.2) is 59.7 Å². The van der Waals surface area contributed by atoms with Crippen LogP contribution >= 0.6 is 15.9 Å². The largest absolute Gasteiger partial charge is 0.454 e. The molecule has 40 heavy (non-hydrogen) atoms. The van der Waals surface area contributed by atoms with Gasteiger partial charge in [-0.2, -0.15) is 0 Å². The molecule has 1 aromatic heterocycles. The number of hydrogen-bond donors (Lipinski definition) is 1. The molecular formula is C32H31BrN4O3. The van der Waals surface area contributed by atoms with Crippen LogP contribution < -0.4 is 14.8 Å². The average Bonchev–Trinajstić information content (AvgIpc) is 3.74. The molecule has 1 atom stereocenters. The second-order valence-electron chi connectivity index (χ2n) is 10.8. The smallest absolute Gasteiger partial charge is 0.254 e. The van der Waals surface area contributed by atoms with Crippen LogP contribution in [0.15, 0.2) is 71.2 Å². The molecule has 7 nitrogen and oxygen atoms in total. The number of halogens is 1. The molecule has 0 radical (unpaired) electrons. The topological polar surface area (TPSA) is 66.9 Å². The Bertz CT molecular complexity index is 1590. The molecular weight excluding hydrogens is 568 g/mol. The maximum Gasteiger partial charge on any atom is 0.254 e. The Morgan fingerprint density at radius 2 is 1.75 bits per heavy atom. The van der Waals surface area contributed by atoms with Crippen LogP contribution in [-0.2, 0) is 0 Å². The number of carbonyl (C=O) groups is 1. The number of carbonyl (C=O) groups excluding carboxylic acids is 1. The highest BCUT2D eigenvalue weighted by Crippen LogP contribution is 2.37. The van der Waals surface area contributed by atoms with Gasteiger partial charge in [0.1, 0.15) is 5.82 Å². The summed E-state index contributed by atoms with van der Waals surface area (Å²) in [5.41, 5.74) is 4.38. The Kier molecular flexibility index (Phi) is 6.81. The van der Waals surface area contributed by atoms with Crippen LogP contribution in [0, 0.1) is 0 Å². The van der Waals surface area contributed by atoms with Crippen LogP contribution in [0.2, 0.25) is 0 Å². The van der Waals surface area contributed by atoms with E-state index in [0.717, 1.165) is 82.7 Å². The molecule has 4 aromatic rings. The summed E-state index contributed by atoms with van der Waals surface area (Å²) in [6.07, 6.45) is 4.60. The van der Waals surface area contributed by atoms with E-state index in [0.29, 0.717) is 11.4 Å². The van der Waals surface area contributed by atoms with E-state index < -0.39 is 0 Å². The molecule has 204 valence electrons. The molecule has 0 spiro atoms. The SMILES string of the molecule is O=C(c1cc(Nc2cccc(Br)c2)nc2ccc(-c3ccc4c(c3)OCO4)cc12)N1CCC[C@H]1CN1CCCC1. The molecule has 3 aliphatic heterocycles. The van der Waals surface area contributed by atoms with Crippen molar-refractivity contribution in [3.8, 4) is 22.6 Å². The fourth-order valence-electron chi connectivity index (χ4n) is 6.15. The highest BCUT2D eigenvalue weighted by atomic mass is 79.9. The van der Waals surface area contributed by atoms with Crippen molar-refractivity contribution < 1.29 is 14.3 Å². The lowest BCUT2D eigenvalue weighted by Gasteiger charge is -2.29. The summed E-state index contributed by atoms with van der Waals surface area (Å²) in [7, 11) is 0. The number of nitrogens with one attached hydrogen (secondary N) is 1. The number of ether oxygens (including phenoxy) is 2. The summed E-state index contributed by atoms with van der Waals surface area (Å²) >= 11 is 3.55. The van der Waals surface area contributed by atoms with Crippen molar-refractivity contribution >= 4 is 44.2 Å². The van der Waals surface area contributed by atoms with Crippen LogP contribution in [0.1, 0.15) is 36.0 Å². The maximum atomic E-state index is 14.3. The second kappa shape index (κ2) is 10.7. The van der Waals surface area contributed by atoms with Gasteiger partial charge in [0, 0.05) is 34.7 Å². The number of aromatic nitrogens is 1. The van der Waals surface area contributed by atoms with Crippen LogP contribution in [0.4, 0.5) is 11.5 Å². The van der Waals surface area contributed by atoms with E-state index in [4.69, 9.17) is 14.5 Å². The van der Waals surface area contributed by atoms with E-state index in [-0.39, 0.29) is 18.7 Å². The zero-order chi connectivity index (χ0) is 27.1. The van der Waals surface area contributed by atoms with Gasteiger partial charge < -0.3 is 24.6 Å². The number of rotatable bonds is 6. The van der Waals surface area contributed by atoms with Gasteiger partial charge in [0.05, 0.1) is 11.1 Å². The van der Waals surface area contributed by atoms with Crippen molar-refractivity contribution in [1.29, 1.82) is 0 Å². The number of nitrogens with zero attached hydrogens (tertiary/aromatic N) is 3. The zero-order valence-electron chi connectivity index (χ0n) is 22.2. The summed E-state index contributed by atoms with van der Waals surface area (Å²) < 4.78 is 12.1. The lowest BCUT2D eigenvalue weighted by molar-refractivity contribution is 0.0710. The molecule has 1 amide bonds. The van der Waals surface area contributed by atoms with Crippen molar-refractivity contribution in [3.05, 3.63) is 76.8 Å². The summed E-state index contributed by atoms with van der Waals surface area (Å²) in [5, 5.41) is 4.27. The molecule has 2 saturated heterocycles. The summed E-state index contributed by atoms with van der Waals surface area (Å²) in [6.45, 7) is 4.26. The molecule has 0 bridgehead atoms. The van der Waals surface area contributed by atoms with E-state index in [1.807, 2.05) is 54.6 Å². The van der Waals surface area contributed by atoms with Gasteiger partial charge in [-0.05, 0) is 98.4 Å². The molecule has 8 heteroatoms. The van der Waals surface area contributed by atoms with Crippen molar-refractivity contribution in [2.45, 2.75) is 31.7 Å². The molecule has 1 N–H and O–H groups in total. The molecule has 3 aliphatic rings. The first-order chi connectivity index (χ1) is 19.6. The fourth-order valence-corrected chi connectivity index (χ4v) is 6.55. The van der Waals surface area contributed by atoms with Crippen LogP contribution in [0.3, 0.4) is 0 Å². The standard InChI is InChI=1S/C32H31BrN4O3/c33-23-5-3-6-24(17-23)34-31-18-27(32(38)37-14-4-7-25(37)19-36-12-1-2-13-36)26-15-21(8-10-28(26)35-31)22-9-11-29-30(16-22)40-20-39-29/h3,5-6,8-11,15-18,25H,1-2,4,7,12-14,19-20H2,(H,34,35)/t25-/m0/s1. The monoisotopic (exact) mass is 598 g/mol. The van der Waals surface area contributed by atoms with Gasteiger partial charge in [-0.1, -0.05) is 34.1 Å². The van der Waals surface area contributed by atoms with Crippen molar-refractivity contribution in [2.75, 3.05) is 38.3 Å². The summed E-state index contributed by atoms with van der Waals surface area (Å²) in [6, 6.07) is 22.2. The highest BCUT2D eigenvalue weighted by molar-refractivity contribution is 9.10. The number of pyridine rings is 1. The van der Waals surface area contributed by atoms with Gasteiger partial charge in [-0.25, -0.2) is 4.98 Å². The third-order valence-electron chi connectivity index (χ3n) is 8.15. The summed E-state index contributed by atoms with van der Waals surface area (Å²) in [5.74, 6) is 2.22. The predicted octanol–water partition coefficient (Wildman–Crippen LogP) is 6.84. The number of hydrogen-bond acceptors (Lipinski definition) is 6. The number of fused-ring (bicyclic) bond motifs is 2. The fraction of sp³-hybridized carbons (Fsp3) is 0.312. The van der Waals surface area contributed by atoms with Gasteiger partial charge in [0.25, 0.3) is 5.91 Å². The first-order valence-electron chi connectivity index (χ1n) is 14.0. The van der Waals surface area contributed by atoms with E-state index in [2.05, 4.69) is 43.2 Å². The number of benzene rings is 3. The van der Waals surface area contributed by atoms with E-state index >= 15 is 0 Å². The molecule has 2 fully saturated rings. The molecule has 4 heterocycles. The third-order valence-corrected chi connectivity index (χ3v) is 8.64. The van der Waals surface area contributed by atoms with Gasteiger partial charge in [-0.3, -0.25) is 4.79 Å². The Hall–Kier alpha value is -3.62.